The summed E-state index contributed by atoms with van der Waals surface area (Å²) in [5.41, 5.74) is 1.93. The number of methoxy groups -OCH3 is 1. The topological polar surface area (TPSA) is 9.23 Å². The van der Waals surface area contributed by atoms with E-state index in [4.69, 9.17) is 4.74 Å². The third kappa shape index (κ3) is 2.60. The van der Waals surface area contributed by atoms with Gasteiger partial charge in [0.05, 0.1) is 7.11 Å². The van der Waals surface area contributed by atoms with Crippen molar-refractivity contribution in [2.45, 2.75) is 6.42 Å². The van der Waals surface area contributed by atoms with Crippen LogP contribution in [0.5, 0.6) is 5.75 Å². The fourth-order valence-electron chi connectivity index (χ4n) is 1.59. The molecule has 2 heteroatoms. The fraction of sp³-hybridized carbons (Fsp3) is 0.143. The van der Waals surface area contributed by atoms with Gasteiger partial charge in [0.15, 0.2) is 0 Å². The molecule has 2 rings (SSSR count). The van der Waals surface area contributed by atoms with Crippen molar-refractivity contribution in [1.29, 1.82) is 0 Å². The van der Waals surface area contributed by atoms with E-state index in [1.165, 1.54) is 12.1 Å². The van der Waals surface area contributed by atoms with Crippen LogP contribution < -0.4 is 4.74 Å². The first kappa shape index (κ1) is 10.7. The van der Waals surface area contributed by atoms with E-state index in [-0.39, 0.29) is 5.82 Å². The fourth-order valence-corrected chi connectivity index (χ4v) is 1.59. The summed E-state index contributed by atoms with van der Waals surface area (Å²) in [6.45, 7) is 0. The van der Waals surface area contributed by atoms with E-state index >= 15 is 0 Å². The van der Waals surface area contributed by atoms with Gasteiger partial charge in [0.25, 0.3) is 0 Å². The first-order valence-corrected chi connectivity index (χ1v) is 5.07. The highest BCUT2D eigenvalue weighted by Crippen LogP contribution is 2.16. The Kier molecular flexibility index (Phi) is 3.20. The van der Waals surface area contributed by atoms with Crippen LogP contribution in [-0.2, 0) is 6.42 Å². The second kappa shape index (κ2) is 4.79. The molecule has 0 aliphatic carbocycles. The van der Waals surface area contributed by atoms with Gasteiger partial charge >= 0.3 is 0 Å². The first-order chi connectivity index (χ1) is 7.78. The SMILES string of the molecule is COc1cccc(Cc2[c]ccc(F)c2)c1. The predicted molar refractivity (Wildman–Crippen MR) is 61.0 cm³/mol. The Labute approximate surface area is 94.5 Å². The summed E-state index contributed by atoms with van der Waals surface area (Å²) >= 11 is 0. The minimum atomic E-state index is -0.225. The van der Waals surface area contributed by atoms with Gasteiger partial charge < -0.3 is 4.74 Å². The summed E-state index contributed by atoms with van der Waals surface area (Å²) in [4.78, 5) is 0. The molecule has 0 saturated heterocycles. The smallest absolute Gasteiger partial charge is 0.123 e. The van der Waals surface area contributed by atoms with Gasteiger partial charge in [0.2, 0.25) is 0 Å². The van der Waals surface area contributed by atoms with E-state index in [0.29, 0.717) is 6.42 Å². The summed E-state index contributed by atoms with van der Waals surface area (Å²) in [6, 6.07) is 15.3. The summed E-state index contributed by atoms with van der Waals surface area (Å²) in [5.74, 6) is 0.588. The van der Waals surface area contributed by atoms with E-state index < -0.39 is 0 Å². The molecule has 2 aromatic carbocycles. The maximum absolute atomic E-state index is 13.0. The van der Waals surface area contributed by atoms with E-state index in [2.05, 4.69) is 6.07 Å². The second-order valence-electron chi connectivity index (χ2n) is 3.56. The maximum Gasteiger partial charge on any atom is 0.123 e. The molecule has 1 nitrogen and oxygen atoms in total. The van der Waals surface area contributed by atoms with E-state index in [1.807, 2.05) is 24.3 Å². The Bertz CT molecular complexity index is 480. The van der Waals surface area contributed by atoms with E-state index in [9.17, 15) is 4.39 Å². The Balaban J connectivity index is 2.20. The second-order valence-corrected chi connectivity index (χ2v) is 3.56. The van der Waals surface area contributed by atoms with Crippen molar-refractivity contribution in [2.75, 3.05) is 7.11 Å². The van der Waals surface area contributed by atoms with Crippen molar-refractivity contribution >= 4 is 0 Å². The normalized spacial score (nSPS) is 10.1. The third-order valence-electron chi connectivity index (χ3n) is 2.35. The molecule has 0 saturated carbocycles. The quantitative estimate of drug-likeness (QED) is 0.763. The minimum Gasteiger partial charge on any atom is -0.497 e. The molecule has 0 aromatic heterocycles. The molecule has 2 aromatic rings. The molecule has 0 heterocycles. The lowest BCUT2D eigenvalue weighted by Crippen LogP contribution is -1.90. The molecule has 16 heavy (non-hydrogen) atoms. The maximum atomic E-state index is 13.0. The van der Waals surface area contributed by atoms with Gasteiger partial charge in [0.1, 0.15) is 11.6 Å². The van der Waals surface area contributed by atoms with E-state index in [0.717, 1.165) is 16.9 Å². The van der Waals surface area contributed by atoms with Crippen LogP contribution >= 0.6 is 0 Å². The van der Waals surface area contributed by atoms with Crippen LogP contribution in [-0.4, -0.2) is 7.11 Å². The zero-order valence-corrected chi connectivity index (χ0v) is 9.03. The highest BCUT2D eigenvalue weighted by molar-refractivity contribution is 5.32. The number of halogens is 1. The van der Waals surface area contributed by atoms with Gasteiger partial charge in [-0.2, -0.15) is 0 Å². The molecule has 1 radical (unpaired) electrons. The summed E-state index contributed by atoms with van der Waals surface area (Å²) in [7, 11) is 1.63. The largest absolute Gasteiger partial charge is 0.497 e. The van der Waals surface area contributed by atoms with Gasteiger partial charge in [-0.25, -0.2) is 4.39 Å². The molecule has 0 bridgehead atoms. The predicted octanol–water partition coefficient (Wildman–Crippen LogP) is 3.23. The van der Waals surface area contributed by atoms with Crippen molar-refractivity contribution in [3.63, 3.8) is 0 Å². The third-order valence-corrected chi connectivity index (χ3v) is 2.35. The molecule has 0 atom stereocenters. The van der Waals surface area contributed by atoms with Gasteiger partial charge in [-0.05, 0) is 47.9 Å². The number of ether oxygens (including phenoxy) is 1. The highest BCUT2D eigenvalue weighted by atomic mass is 19.1. The standard InChI is InChI=1S/C14H12FO/c1-16-14-7-3-5-12(10-14)8-11-4-2-6-13(15)9-11/h2-3,5-7,9-10H,8H2,1H3. The van der Waals surface area contributed by atoms with Crippen LogP contribution in [0.4, 0.5) is 4.39 Å². The summed E-state index contributed by atoms with van der Waals surface area (Å²) in [5, 5.41) is 0. The zero-order valence-electron chi connectivity index (χ0n) is 9.03. The molecule has 0 spiro atoms. The lowest BCUT2D eigenvalue weighted by Gasteiger charge is -2.04. The lowest BCUT2D eigenvalue weighted by molar-refractivity contribution is 0.414. The number of benzene rings is 2. The number of rotatable bonds is 3. The molecular formula is C14H12FO. The Morgan fingerprint density at radius 2 is 2.12 bits per heavy atom. The van der Waals surface area contributed by atoms with Crippen molar-refractivity contribution in [2.24, 2.45) is 0 Å². The lowest BCUT2D eigenvalue weighted by atomic mass is 10.0. The van der Waals surface area contributed by atoms with Crippen LogP contribution in [0.3, 0.4) is 0 Å². The van der Waals surface area contributed by atoms with Gasteiger partial charge in [-0.3, -0.25) is 0 Å². The van der Waals surface area contributed by atoms with Gasteiger partial charge in [-0.1, -0.05) is 18.2 Å². The highest BCUT2D eigenvalue weighted by Gasteiger charge is 1.99. The Morgan fingerprint density at radius 3 is 2.88 bits per heavy atom. The first-order valence-electron chi connectivity index (χ1n) is 5.07. The molecule has 0 aliphatic rings. The van der Waals surface area contributed by atoms with Crippen LogP contribution in [0.1, 0.15) is 11.1 Å². The van der Waals surface area contributed by atoms with Crippen molar-refractivity contribution in [1.82, 2.24) is 0 Å². The van der Waals surface area contributed by atoms with Crippen LogP contribution in [0.2, 0.25) is 0 Å². The van der Waals surface area contributed by atoms with Crippen LogP contribution in [0.25, 0.3) is 0 Å². The average Bonchev–Trinajstić information content (AvgIpc) is 2.29. The van der Waals surface area contributed by atoms with Crippen molar-refractivity contribution in [3.8, 4) is 5.75 Å². The Hall–Kier alpha value is -1.83. The zero-order chi connectivity index (χ0) is 11.4. The molecule has 0 amide bonds. The van der Waals surface area contributed by atoms with E-state index in [1.54, 1.807) is 13.2 Å². The molecule has 0 unspecified atom stereocenters. The number of hydrogen-bond acceptors (Lipinski definition) is 1. The Morgan fingerprint density at radius 1 is 1.25 bits per heavy atom. The minimum absolute atomic E-state index is 0.225. The number of hydrogen-bond donors (Lipinski definition) is 0. The molecular weight excluding hydrogens is 203 g/mol. The van der Waals surface area contributed by atoms with Gasteiger partial charge in [0, 0.05) is 0 Å². The molecule has 0 N–H and O–H groups in total. The van der Waals surface area contributed by atoms with Crippen molar-refractivity contribution in [3.05, 3.63) is 65.5 Å². The van der Waals surface area contributed by atoms with Crippen molar-refractivity contribution < 1.29 is 9.13 Å². The van der Waals surface area contributed by atoms with Gasteiger partial charge in [-0.15, -0.1) is 0 Å². The average molecular weight is 215 g/mol. The molecule has 0 fully saturated rings. The molecule has 0 aliphatic heterocycles. The summed E-state index contributed by atoms with van der Waals surface area (Å²) in [6.07, 6.45) is 0.662. The van der Waals surface area contributed by atoms with Crippen LogP contribution in [0, 0.1) is 11.9 Å². The summed E-state index contributed by atoms with van der Waals surface area (Å²) < 4.78 is 18.1. The monoisotopic (exact) mass is 215 g/mol. The van der Waals surface area contributed by atoms with Crippen LogP contribution in [0.15, 0.2) is 42.5 Å². The molecule has 81 valence electrons.